The van der Waals surface area contributed by atoms with Crippen LogP contribution in [-0.4, -0.2) is 65.0 Å². The monoisotopic (exact) mass is 471 g/mol. The summed E-state index contributed by atoms with van der Waals surface area (Å²) in [7, 11) is 0. The van der Waals surface area contributed by atoms with Crippen LogP contribution in [0.25, 0.3) is 0 Å². The second-order valence-corrected chi connectivity index (χ2v) is 8.92. The summed E-state index contributed by atoms with van der Waals surface area (Å²) in [5.41, 5.74) is -0.606. The molecule has 1 N–H and O–H groups in total. The minimum Gasteiger partial charge on any atom is -0.353 e. The molecule has 34 heavy (non-hydrogen) atoms. The Morgan fingerprint density at radius 2 is 1.65 bits per heavy atom. The fourth-order valence-electron chi connectivity index (χ4n) is 4.54. The van der Waals surface area contributed by atoms with E-state index < -0.39 is 29.3 Å². The number of nitrogens with one attached hydrogen (secondary N) is 1. The van der Waals surface area contributed by atoms with Crippen LogP contribution in [0.1, 0.15) is 47.4 Å². The van der Waals surface area contributed by atoms with Gasteiger partial charge < -0.3 is 15.0 Å². The van der Waals surface area contributed by atoms with Crippen LogP contribution in [0, 0.1) is 11.6 Å². The fourth-order valence-corrected chi connectivity index (χ4v) is 4.54. The van der Waals surface area contributed by atoms with Crippen LogP contribution in [0.5, 0.6) is 0 Å². The van der Waals surface area contributed by atoms with Crippen molar-refractivity contribution in [3.05, 3.63) is 71.3 Å². The standard InChI is InChI=1S/C25H27F2N3O4/c1-16(2)28-22(31)21-15-34-25(30(21)24(33)18-4-3-5-20(27)14-18)10-12-29(13-11-25)23(32)17-6-8-19(26)9-7-17/h3-9,14,16,21H,10-13,15H2,1-2H3,(H,28,31)/t21-/m0/s1. The predicted octanol–water partition coefficient (Wildman–Crippen LogP) is 2.96. The van der Waals surface area contributed by atoms with Gasteiger partial charge in [-0.2, -0.15) is 0 Å². The van der Waals surface area contributed by atoms with Gasteiger partial charge >= 0.3 is 0 Å². The predicted molar refractivity (Wildman–Crippen MR) is 120 cm³/mol. The van der Waals surface area contributed by atoms with Gasteiger partial charge in [-0.15, -0.1) is 0 Å². The maximum Gasteiger partial charge on any atom is 0.256 e. The molecule has 2 aromatic rings. The average Bonchev–Trinajstić information content (AvgIpc) is 3.17. The van der Waals surface area contributed by atoms with Crippen molar-refractivity contribution in [2.24, 2.45) is 0 Å². The lowest BCUT2D eigenvalue weighted by molar-refractivity contribution is -0.128. The molecule has 0 bridgehead atoms. The van der Waals surface area contributed by atoms with Crippen molar-refractivity contribution in [2.45, 2.75) is 44.5 Å². The highest BCUT2D eigenvalue weighted by molar-refractivity contribution is 5.98. The Labute approximate surface area is 196 Å². The Hall–Kier alpha value is -3.33. The van der Waals surface area contributed by atoms with E-state index in [0.717, 1.165) is 6.07 Å². The van der Waals surface area contributed by atoms with Crippen molar-refractivity contribution in [1.29, 1.82) is 0 Å². The van der Waals surface area contributed by atoms with Gasteiger partial charge in [-0.1, -0.05) is 6.07 Å². The number of ether oxygens (including phenoxy) is 1. The summed E-state index contributed by atoms with van der Waals surface area (Å²) in [5, 5.41) is 2.83. The third-order valence-electron chi connectivity index (χ3n) is 6.21. The Morgan fingerprint density at radius 3 is 2.26 bits per heavy atom. The molecule has 2 aliphatic rings. The molecule has 4 rings (SSSR count). The van der Waals surface area contributed by atoms with Crippen molar-refractivity contribution in [1.82, 2.24) is 15.1 Å². The highest BCUT2D eigenvalue weighted by Gasteiger charge is 2.54. The zero-order valence-corrected chi connectivity index (χ0v) is 19.1. The molecule has 3 amide bonds. The third kappa shape index (κ3) is 4.65. The molecule has 0 aliphatic carbocycles. The number of benzene rings is 2. The lowest BCUT2D eigenvalue weighted by Gasteiger charge is -2.44. The van der Waals surface area contributed by atoms with Gasteiger partial charge in [-0.05, 0) is 56.3 Å². The molecule has 2 aliphatic heterocycles. The quantitative estimate of drug-likeness (QED) is 0.744. The normalized spacial score (nSPS) is 19.5. The molecule has 2 aromatic carbocycles. The number of hydrogen-bond donors (Lipinski definition) is 1. The van der Waals surface area contributed by atoms with Gasteiger partial charge in [-0.25, -0.2) is 8.78 Å². The summed E-state index contributed by atoms with van der Waals surface area (Å²) in [6.07, 6.45) is 0.568. The lowest BCUT2D eigenvalue weighted by atomic mass is 9.96. The molecule has 0 radical (unpaired) electrons. The minimum atomic E-state index is -1.10. The number of likely N-dealkylation sites (tertiary alicyclic amines) is 1. The highest BCUT2D eigenvalue weighted by atomic mass is 19.1. The molecule has 1 spiro atoms. The van der Waals surface area contributed by atoms with Crippen LogP contribution in [0.15, 0.2) is 48.5 Å². The summed E-state index contributed by atoms with van der Waals surface area (Å²) in [6.45, 7) is 4.21. The summed E-state index contributed by atoms with van der Waals surface area (Å²) >= 11 is 0. The smallest absolute Gasteiger partial charge is 0.256 e. The van der Waals surface area contributed by atoms with E-state index in [1.807, 2.05) is 13.8 Å². The second kappa shape index (κ2) is 9.50. The van der Waals surface area contributed by atoms with E-state index >= 15 is 0 Å². The lowest BCUT2D eigenvalue weighted by Crippen LogP contribution is -2.60. The molecule has 180 valence electrons. The van der Waals surface area contributed by atoms with Crippen molar-refractivity contribution in [2.75, 3.05) is 19.7 Å². The van der Waals surface area contributed by atoms with E-state index in [0.29, 0.717) is 5.56 Å². The fraction of sp³-hybridized carbons (Fsp3) is 0.400. The molecule has 9 heteroatoms. The van der Waals surface area contributed by atoms with Gasteiger partial charge in [0.1, 0.15) is 23.4 Å². The molecule has 0 saturated carbocycles. The zero-order chi connectivity index (χ0) is 24.5. The van der Waals surface area contributed by atoms with Gasteiger partial charge in [0.05, 0.1) is 6.61 Å². The first-order valence-corrected chi connectivity index (χ1v) is 11.3. The minimum absolute atomic E-state index is 0.00547. The molecular formula is C25H27F2N3O4. The molecule has 7 nitrogen and oxygen atoms in total. The third-order valence-corrected chi connectivity index (χ3v) is 6.21. The first-order valence-electron chi connectivity index (χ1n) is 11.3. The largest absolute Gasteiger partial charge is 0.353 e. The zero-order valence-electron chi connectivity index (χ0n) is 19.1. The van der Waals surface area contributed by atoms with Crippen LogP contribution in [0.2, 0.25) is 0 Å². The first-order chi connectivity index (χ1) is 16.2. The van der Waals surface area contributed by atoms with Crippen molar-refractivity contribution < 1.29 is 27.9 Å². The molecule has 1 atom stereocenters. The summed E-state index contributed by atoms with van der Waals surface area (Å²) in [6, 6.07) is 9.64. The Bertz CT molecular complexity index is 1080. The first kappa shape index (κ1) is 23.8. The number of carbonyl (C=O) groups excluding carboxylic acids is 3. The number of piperidine rings is 1. The van der Waals surface area contributed by atoms with Crippen LogP contribution < -0.4 is 5.32 Å². The Kier molecular flexibility index (Phi) is 6.65. The van der Waals surface area contributed by atoms with E-state index in [2.05, 4.69) is 5.32 Å². The number of hydrogen-bond acceptors (Lipinski definition) is 4. The SMILES string of the molecule is CC(C)NC(=O)[C@@H]1COC2(CCN(C(=O)c3ccc(F)cc3)CC2)N1C(=O)c1cccc(F)c1. The van der Waals surface area contributed by atoms with E-state index in [4.69, 9.17) is 4.74 Å². The molecule has 2 heterocycles. The molecule has 0 aromatic heterocycles. The van der Waals surface area contributed by atoms with Crippen molar-refractivity contribution in [3.63, 3.8) is 0 Å². The van der Waals surface area contributed by atoms with Gasteiger partial charge in [0, 0.05) is 43.1 Å². The summed E-state index contributed by atoms with van der Waals surface area (Å²) < 4.78 is 33.2. The topological polar surface area (TPSA) is 79.0 Å². The number of nitrogens with zero attached hydrogens (tertiary/aromatic N) is 2. The Morgan fingerprint density at radius 1 is 0.971 bits per heavy atom. The number of amides is 3. The van der Waals surface area contributed by atoms with Crippen LogP contribution in [0.4, 0.5) is 8.78 Å². The second-order valence-electron chi connectivity index (χ2n) is 8.92. The van der Waals surface area contributed by atoms with Crippen molar-refractivity contribution in [3.8, 4) is 0 Å². The maximum atomic E-state index is 13.9. The van der Waals surface area contributed by atoms with Gasteiger partial charge in [-0.3, -0.25) is 19.3 Å². The van der Waals surface area contributed by atoms with Crippen LogP contribution in [0.3, 0.4) is 0 Å². The van der Waals surface area contributed by atoms with Gasteiger partial charge in [0.15, 0.2) is 0 Å². The number of rotatable bonds is 4. The molecule has 0 unspecified atom stereocenters. The average molecular weight is 472 g/mol. The van der Waals surface area contributed by atoms with Crippen LogP contribution in [-0.2, 0) is 9.53 Å². The number of halogens is 2. The summed E-state index contributed by atoms with van der Waals surface area (Å²) in [5.74, 6) is -2.07. The van der Waals surface area contributed by atoms with Crippen LogP contribution >= 0.6 is 0 Å². The van der Waals surface area contributed by atoms with E-state index in [1.54, 1.807) is 4.90 Å². The van der Waals surface area contributed by atoms with Crippen molar-refractivity contribution >= 4 is 17.7 Å². The molecular weight excluding hydrogens is 444 g/mol. The molecule has 2 saturated heterocycles. The van der Waals surface area contributed by atoms with E-state index in [9.17, 15) is 23.2 Å². The highest BCUT2D eigenvalue weighted by Crippen LogP contribution is 2.39. The number of carbonyl (C=O) groups is 3. The Balaban J connectivity index is 1.58. The van der Waals surface area contributed by atoms with E-state index in [-0.39, 0.29) is 56.0 Å². The maximum absolute atomic E-state index is 13.9. The van der Waals surface area contributed by atoms with Gasteiger partial charge in [0.25, 0.3) is 11.8 Å². The molecule has 2 fully saturated rings. The van der Waals surface area contributed by atoms with E-state index in [1.165, 1.54) is 47.4 Å². The summed E-state index contributed by atoms with van der Waals surface area (Å²) in [4.78, 5) is 42.3. The van der Waals surface area contributed by atoms with Gasteiger partial charge in [0.2, 0.25) is 5.91 Å².